The smallest absolute Gasteiger partial charge is 0.358 e. The van der Waals surface area contributed by atoms with Gasteiger partial charge in [0.15, 0.2) is 0 Å². The van der Waals surface area contributed by atoms with Crippen LogP contribution in [0.5, 0.6) is 0 Å². The van der Waals surface area contributed by atoms with Crippen molar-refractivity contribution >= 4 is 63.8 Å². The number of hydrogen-bond donors (Lipinski definition) is 0. The second-order valence-electron chi connectivity index (χ2n) is 2.70. The van der Waals surface area contributed by atoms with Crippen molar-refractivity contribution < 1.29 is 4.92 Å². The fourth-order valence-corrected chi connectivity index (χ4v) is 1.44. The van der Waals surface area contributed by atoms with Gasteiger partial charge in [-0.25, -0.2) is 0 Å². The van der Waals surface area contributed by atoms with Gasteiger partial charge >= 0.3 is 5.82 Å². The predicted octanol–water partition coefficient (Wildman–Crippen LogP) is 4.29. The van der Waals surface area contributed by atoms with Crippen molar-refractivity contribution in [2.45, 2.75) is 8.63 Å². The summed E-state index contributed by atoms with van der Waals surface area (Å²) in [5.74, 6) is -0.481. The van der Waals surface area contributed by atoms with Crippen LogP contribution in [-0.4, -0.2) is 9.91 Å². The van der Waals surface area contributed by atoms with Gasteiger partial charge in [0, 0.05) is 6.07 Å². The standard InChI is InChI=1S/C7H3Cl5N2O2/c8-6(9)3-1-4(7(10,11)12)13-5(2-3)14(15)16/h1-2,6H. The van der Waals surface area contributed by atoms with Crippen LogP contribution in [0.3, 0.4) is 0 Å². The monoisotopic (exact) mass is 322 g/mol. The van der Waals surface area contributed by atoms with E-state index in [1.807, 2.05) is 0 Å². The van der Waals surface area contributed by atoms with Gasteiger partial charge in [0.05, 0.1) is 0 Å². The van der Waals surface area contributed by atoms with Crippen LogP contribution < -0.4 is 0 Å². The summed E-state index contributed by atoms with van der Waals surface area (Å²) in [5.41, 5.74) is 0.138. The molecule has 0 bridgehead atoms. The highest BCUT2D eigenvalue weighted by atomic mass is 35.6. The van der Waals surface area contributed by atoms with Crippen LogP contribution in [0.2, 0.25) is 0 Å². The van der Waals surface area contributed by atoms with Crippen LogP contribution in [0, 0.1) is 10.1 Å². The highest BCUT2D eigenvalue weighted by Crippen LogP contribution is 2.39. The molecule has 1 aromatic rings. The van der Waals surface area contributed by atoms with Gasteiger partial charge < -0.3 is 10.1 Å². The first-order valence-corrected chi connectivity index (χ1v) is 5.74. The maximum absolute atomic E-state index is 10.6. The molecule has 0 saturated heterocycles. The number of pyridine rings is 1. The molecule has 1 rings (SSSR count). The predicted molar refractivity (Wildman–Crippen MR) is 64.6 cm³/mol. The second-order valence-corrected chi connectivity index (χ2v) is 6.08. The SMILES string of the molecule is O=[N+]([O-])c1cc(C(Cl)Cl)cc(C(Cl)(Cl)Cl)n1. The maximum Gasteiger partial charge on any atom is 0.364 e. The van der Waals surface area contributed by atoms with Gasteiger partial charge in [-0.2, -0.15) is 0 Å². The van der Waals surface area contributed by atoms with Crippen LogP contribution in [0.15, 0.2) is 12.1 Å². The van der Waals surface area contributed by atoms with E-state index < -0.39 is 19.4 Å². The van der Waals surface area contributed by atoms with Gasteiger partial charge in [0.2, 0.25) is 5.69 Å². The Labute approximate surface area is 116 Å². The molecule has 0 fully saturated rings. The van der Waals surface area contributed by atoms with Gasteiger partial charge in [-0.1, -0.05) is 34.8 Å². The molecular weight excluding hydrogens is 321 g/mol. The first-order valence-electron chi connectivity index (χ1n) is 3.73. The molecule has 0 unspecified atom stereocenters. The summed E-state index contributed by atoms with van der Waals surface area (Å²) < 4.78 is -1.87. The summed E-state index contributed by atoms with van der Waals surface area (Å²) in [6.07, 6.45) is 0. The molecule has 0 aromatic carbocycles. The first kappa shape index (κ1) is 14.1. The number of nitrogens with zero attached hydrogens (tertiary/aromatic N) is 2. The molecular formula is C7H3Cl5N2O2. The molecule has 0 saturated carbocycles. The van der Waals surface area contributed by atoms with E-state index in [0.717, 1.165) is 6.07 Å². The van der Waals surface area contributed by atoms with E-state index in [9.17, 15) is 10.1 Å². The van der Waals surface area contributed by atoms with Crippen molar-refractivity contribution in [1.82, 2.24) is 4.98 Å². The molecule has 0 atom stereocenters. The lowest BCUT2D eigenvalue weighted by Crippen LogP contribution is -2.07. The van der Waals surface area contributed by atoms with E-state index in [1.165, 1.54) is 6.07 Å². The molecule has 0 aliphatic heterocycles. The number of halogens is 5. The highest BCUT2D eigenvalue weighted by Gasteiger charge is 2.32. The van der Waals surface area contributed by atoms with Crippen LogP contribution in [0.1, 0.15) is 16.1 Å². The lowest BCUT2D eigenvalue weighted by Gasteiger charge is -2.08. The van der Waals surface area contributed by atoms with E-state index in [1.54, 1.807) is 0 Å². The van der Waals surface area contributed by atoms with E-state index in [4.69, 9.17) is 58.0 Å². The largest absolute Gasteiger partial charge is 0.364 e. The Bertz CT molecular complexity index is 418. The van der Waals surface area contributed by atoms with Crippen LogP contribution >= 0.6 is 58.0 Å². The Morgan fingerprint density at radius 1 is 1.31 bits per heavy atom. The van der Waals surface area contributed by atoms with E-state index >= 15 is 0 Å². The number of alkyl halides is 5. The Balaban J connectivity index is 3.36. The molecule has 0 N–H and O–H groups in total. The Morgan fingerprint density at radius 3 is 2.25 bits per heavy atom. The molecule has 0 spiro atoms. The number of rotatable bonds is 2. The second kappa shape index (κ2) is 5.10. The minimum atomic E-state index is -1.87. The summed E-state index contributed by atoms with van der Waals surface area (Å²) >= 11 is 27.9. The topological polar surface area (TPSA) is 56.0 Å². The quantitative estimate of drug-likeness (QED) is 0.463. The molecule has 4 nitrogen and oxygen atoms in total. The third-order valence-corrected chi connectivity index (χ3v) is 2.65. The van der Waals surface area contributed by atoms with Gasteiger partial charge in [-0.05, 0) is 21.5 Å². The molecule has 0 aliphatic carbocycles. The number of hydrogen-bond acceptors (Lipinski definition) is 3. The van der Waals surface area contributed by atoms with E-state index in [0.29, 0.717) is 0 Å². The Morgan fingerprint density at radius 2 is 1.88 bits per heavy atom. The number of aromatic nitrogens is 1. The zero-order valence-corrected chi connectivity index (χ0v) is 11.1. The molecule has 0 amide bonds. The molecule has 0 aliphatic rings. The van der Waals surface area contributed by atoms with Crippen LogP contribution in [-0.2, 0) is 3.79 Å². The van der Waals surface area contributed by atoms with Gasteiger partial charge in [0.1, 0.15) is 4.84 Å². The summed E-state index contributed by atoms with van der Waals surface area (Å²) in [4.78, 5) is 12.5. The van der Waals surface area contributed by atoms with Crippen molar-refractivity contribution in [2.24, 2.45) is 0 Å². The van der Waals surface area contributed by atoms with Gasteiger partial charge in [-0.15, -0.1) is 23.2 Å². The van der Waals surface area contributed by atoms with Gasteiger partial charge in [-0.3, -0.25) is 0 Å². The first-order chi connectivity index (χ1) is 7.21. The molecule has 16 heavy (non-hydrogen) atoms. The van der Waals surface area contributed by atoms with E-state index in [-0.39, 0.29) is 11.3 Å². The van der Waals surface area contributed by atoms with Crippen molar-refractivity contribution in [3.8, 4) is 0 Å². The third kappa shape index (κ3) is 3.50. The Kier molecular flexibility index (Phi) is 4.49. The molecule has 0 radical (unpaired) electrons. The highest BCUT2D eigenvalue weighted by molar-refractivity contribution is 6.66. The normalized spacial score (nSPS) is 11.9. The zero-order valence-electron chi connectivity index (χ0n) is 7.33. The van der Waals surface area contributed by atoms with Crippen molar-refractivity contribution in [3.05, 3.63) is 33.5 Å². The summed E-state index contributed by atoms with van der Waals surface area (Å²) in [6, 6.07) is 2.41. The Hall–Kier alpha value is -0.000000000000000333. The molecule has 88 valence electrons. The minimum Gasteiger partial charge on any atom is -0.358 e. The fraction of sp³-hybridized carbons (Fsp3) is 0.286. The van der Waals surface area contributed by atoms with Crippen molar-refractivity contribution in [1.29, 1.82) is 0 Å². The van der Waals surface area contributed by atoms with Crippen LogP contribution in [0.4, 0.5) is 5.82 Å². The van der Waals surface area contributed by atoms with E-state index in [2.05, 4.69) is 4.98 Å². The summed E-state index contributed by atoms with van der Waals surface area (Å²) in [5, 5.41) is 10.6. The maximum atomic E-state index is 10.6. The third-order valence-electron chi connectivity index (χ3n) is 1.56. The molecule has 9 heteroatoms. The number of nitro groups is 1. The molecule has 1 heterocycles. The average Bonchev–Trinajstić information content (AvgIpc) is 2.15. The van der Waals surface area contributed by atoms with Crippen molar-refractivity contribution in [3.63, 3.8) is 0 Å². The van der Waals surface area contributed by atoms with Gasteiger partial charge in [0.25, 0.3) is 3.79 Å². The lowest BCUT2D eigenvalue weighted by atomic mass is 10.2. The summed E-state index contributed by atoms with van der Waals surface area (Å²) in [7, 11) is 0. The lowest BCUT2D eigenvalue weighted by molar-refractivity contribution is -0.389. The zero-order chi connectivity index (χ0) is 12.5. The minimum absolute atomic E-state index is 0.104. The van der Waals surface area contributed by atoms with Crippen molar-refractivity contribution in [2.75, 3.05) is 0 Å². The molecule has 1 aromatic heterocycles. The average molecular weight is 324 g/mol. The van der Waals surface area contributed by atoms with Crippen LogP contribution in [0.25, 0.3) is 0 Å². The summed E-state index contributed by atoms with van der Waals surface area (Å²) in [6.45, 7) is 0. The fourth-order valence-electron chi connectivity index (χ4n) is 0.901.